The van der Waals surface area contributed by atoms with Crippen molar-refractivity contribution < 1.29 is 36.0 Å². The van der Waals surface area contributed by atoms with Crippen molar-refractivity contribution in [3.8, 4) is 0 Å². The molecule has 8 nitrogen and oxygen atoms in total. The second-order valence-corrected chi connectivity index (χ2v) is 5.57. The van der Waals surface area contributed by atoms with E-state index in [1.165, 1.54) is 0 Å². The Balaban J connectivity index is 3.34. The van der Waals surface area contributed by atoms with Crippen LogP contribution in [0.5, 0.6) is 0 Å². The van der Waals surface area contributed by atoms with Gasteiger partial charge in [-0.2, -0.15) is 17.9 Å². The van der Waals surface area contributed by atoms with E-state index < -0.39 is 49.8 Å². The van der Waals surface area contributed by atoms with Gasteiger partial charge in [0.05, 0.1) is 22.5 Å². The second-order valence-electron chi connectivity index (χ2n) is 3.84. The van der Waals surface area contributed by atoms with Gasteiger partial charge in [0.25, 0.3) is 5.69 Å². The molecule has 1 aromatic carbocycles. The number of nitrogens with zero attached hydrogens (tertiary/aromatic N) is 1. The van der Waals surface area contributed by atoms with E-state index in [4.69, 9.17) is 0 Å². The van der Waals surface area contributed by atoms with Crippen LogP contribution < -0.4 is 4.72 Å². The van der Waals surface area contributed by atoms with Crippen LogP contribution >= 0.6 is 0 Å². The van der Waals surface area contributed by atoms with E-state index in [1.807, 2.05) is 0 Å². The van der Waals surface area contributed by atoms with Crippen molar-refractivity contribution in [2.75, 3.05) is 13.7 Å². The van der Waals surface area contributed by atoms with Crippen molar-refractivity contribution in [2.24, 2.45) is 0 Å². The van der Waals surface area contributed by atoms with E-state index in [0.717, 1.165) is 7.11 Å². The summed E-state index contributed by atoms with van der Waals surface area (Å²) < 4.78 is 68.0. The van der Waals surface area contributed by atoms with Crippen LogP contribution in [0.15, 0.2) is 23.1 Å². The minimum absolute atomic E-state index is 0.104. The first-order valence-electron chi connectivity index (χ1n) is 5.41. The van der Waals surface area contributed by atoms with Crippen molar-refractivity contribution >= 4 is 21.7 Å². The lowest BCUT2D eigenvalue weighted by Crippen LogP contribution is -2.31. The van der Waals surface area contributed by atoms with Crippen LogP contribution in [0.1, 0.15) is 5.56 Å². The molecule has 0 bridgehead atoms. The Morgan fingerprint density at radius 3 is 2.45 bits per heavy atom. The number of ether oxygens (including phenoxy) is 1. The average molecular weight is 342 g/mol. The van der Waals surface area contributed by atoms with Crippen molar-refractivity contribution in [3.05, 3.63) is 33.9 Å². The number of esters is 1. The molecule has 0 aliphatic carbocycles. The van der Waals surface area contributed by atoms with E-state index >= 15 is 0 Å². The number of carbonyl (C=O) groups excluding carboxylic acids is 1. The number of hydrogen-bond acceptors (Lipinski definition) is 6. The molecule has 0 aliphatic rings. The molecule has 0 saturated carbocycles. The Labute approximate surface area is 122 Å². The van der Waals surface area contributed by atoms with E-state index in [0.29, 0.717) is 12.1 Å². The van der Waals surface area contributed by atoms with Gasteiger partial charge < -0.3 is 4.74 Å². The summed E-state index contributed by atoms with van der Waals surface area (Å²) in [5, 5.41) is 10.5. The third-order valence-electron chi connectivity index (χ3n) is 2.40. The first-order chi connectivity index (χ1) is 9.99. The molecule has 22 heavy (non-hydrogen) atoms. The van der Waals surface area contributed by atoms with Crippen molar-refractivity contribution in [3.63, 3.8) is 0 Å². The van der Waals surface area contributed by atoms with Gasteiger partial charge in [-0.25, -0.2) is 8.42 Å². The first-order valence-corrected chi connectivity index (χ1v) is 6.89. The predicted octanol–water partition coefficient (Wildman–Crippen LogP) is 1.06. The van der Waals surface area contributed by atoms with Crippen molar-refractivity contribution in [1.82, 2.24) is 4.72 Å². The molecule has 1 N–H and O–H groups in total. The maximum atomic E-state index is 12.9. The zero-order valence-electron chi connectivity index (χ0n) is 10.9. The summed E-state index contributed by atoms with van der Waals surface area (Å²) in [4.78, 5) is 19.0. The molecule has 122 valence electrons. The fourth-order valence-corrected chi connectivity index (χ4v) is 2.57. The summed E-state index contributed by atoms with van der Waals surface area (Å²) in [5.41, 5.74) is -2.63. The number of nitro benzene ring substituents is 1. The number of carbonyl (C=O) groups is 1. The molecule has 0 atom stereocenters. The molecule has 0 fully saturated rings. The van der Waals surface area contributed by atoms with Gasteiger partial charge >= 0.3 is 12.1 Å². The third-order valence-corrected chi connectivity index (χ3v) is 3.86. The van der Waals surface area contributed by atoms with Crippen LogP contribution in [0.25, 0.3) is 0 Å². The molecule has 1 rings (SSSR count). The van der Waals surface area contributed by atoms with Gasteiger partial charge in [0.1, 0.15) is 6.54 Å². The minimum atomic E-state index is -5.14. The highest BCUT2D eigenvalue weighted by Gasteiger charge is 2.38. The zero-order chi connectivity index (χ0) is 17.1. The SMILES string of the molecule is COC(=O)CNS(=O)(=O)c1ccc([N+](=O)[O-])cc1C(F)(F)F. The molecule has 12 heteroatoms. The molecule has 0 aliphatic heterocycles. The van der Waals surface area contributed by atoms with Crippen molar-refractivity contribution in [1.29, 1.82) is 0 Å². The van der Waals surface area contributed by atoms with Gasteiger partial charge in [0.15, 0.2) is 0 Å². The summed E-state index contributed by atoms with van der Waals surface area (Å²) in [7, 11) is -3.75. The summed E-state index contributed by atoms with van der Waals surface area (Å²) in [6, 6.07) is 1.16. The number of rotatable bonds is 5. The van der Waals surface area contributed by atoms with Crippen LogP contribution in [0.4, 0.5) is 18.9 Å². The van der Waals surface area contributed by atoms with Crippen molar-refractivity contribution in [2.45, 2.75) is 11.1 Å². The van der Waals surface area contributed by atoms with Crippen LogP contribution in [0.2, 0.25) is 0 Å². The highest BCUT2D eigenvalue weighted by Crippen LogP contribution is 2.36. The molecule has 0 unspecified atom stereocenters. The number of alkyl halides is 3. The smallest absolute Gasteiger partial charge is 0.417 e. The molecule has 0 amide bonds. The van der Waals surface area contributed by atoms with E-state index in [2.05, 4.69) is 4.74 Å². The Morgan fingerprint density at radius 1 is 1.41 bits per heavy atom. The Kier molecular flexibility index (Phi) is 5.09. The zero-order valence-corrected chi connectivity index (χ0v) is 11.7. The quantitative estimate of drug-likeness (QED) is 0.486. The van der Waals surface area contributed by atoms with Gasteiger partial charge in [-0.1, -0.05) is 0 Å². The number of hydrogen-bond donors (Lipinski definition) is 1. The molecular weight excluding hydrogens is 333 g/mol. The average Bonchev–Trinajstić information content (AvgIpc) is 2.43. The van der Waals surface area contributed by atoms with Crippen LogP contribution in [-0.2, 0) is 25.7 Å². The third kappa shape index (κ3) is 4.14. The lowest BCUT2D eigenvalue weighted by molar-refractivity contribution is -0.385. The number of benzene rings is 1. The number of nitro groups is 1. The monoisotopic (exact) mass is 342 g/mol. The number of nitrogens with one attached hydrogen (secondary N) is 1. The fourth-order valence-electron chi connectivity index (χ4n) is 1.39. The maximum absolute atomic E-state index is 12.9. The number of non-ortho nitro benzene ring substituents is 1. The van der Waals surface area contributed by atoms with E-state index in [1.54, 1.807) is 4.72 Å². The standard InChI is InChI=1S/C10H9F3N2O6S/c1-21-9(16)5-14-22(19,20)8-3-2-6(15(17)18)4-7(8)10(11,12)13/h2-4,14H,5H2,1H3. The van der Waals surface area contributed by atoms with Gasteiger partial charge in [-0.3, -0.25) is 14.9 Å². The molecular formula is C10H9F3N2O6S. The van der Waals surface area contributed by atoms with E-state index in [-0.39, 0.29) is 6.07 Å². The molecule has 0 heterocycles. The minimum Gasteiger partial charge on any atom is -0.468 e. The Hall–Kier alpha value is -2.21. The van der Waals surface area contributed by atoms with Gasteiger partial charge in [0.2, 0.25) is 10.0 Å². The fraction of sp³-hybridized carbons (Fsp3) is 0.300. The molecule has 0 spiro atoms. The molecule has 0 radical (unpaired) electrons. The topological polar surface area (TPSA) is 116 Å². The second kappa shape index (κ2) is 6.27. The van der Waals surface area contributed by atoms with Crippen LogP contribution in [-0.4, -0.2) is 33.0 Å². The normalized spacial score (nSPS) is 12.0. The van der Waals surface area contributed by atoms with E-state index in [9.17, 15) is 36.5 Å². The van der Waals surface area contributed by atoms with Crippen LogP contribution in [0.3, 0.4) is 0 Å². The molecule has 1 aromatic rings. The van der Waals surface area contributed by atoms with Gasteiger partial charge in [0, 0.05) is 12.1 Å². The lowest BCUT2D eigenvalue weighted by Gasteiger charge is -2.13. The largest absolute Gasteiger partial charge is 0.468 e. The lowest BCUT2D eigenvalue weighted by atomic mass is 10.2. The van der Waals surface area contributed by atoms with Gasteiger partial charge in [-0.15, -0.1) is 0 Å². The highest BCUT2D eigenvalue weighted by atomic mass is 32.2. The summed E-state index contributed by atoms with van der Waals surface area (Å²) in [6.45, 7) is -0.882. The van der Waals surface area contributed by atoms with Crippen LogP contribution in [0, 0.1) is 10.1 Å². The number of methoxy groups -OCH3 is 1. The number of halogens is 3. The number of sulfonamides is 1. The summed E-state index contributed by atoms with van der Waals surface area (Å²) >= 11 is 0. The summed E-state index contributed by atoms with van der Waals surface area (Å²) in [6.07, 6.45) is -5.14. The van der Waals surface area contributed by atoms with Gasteiger partial charge in [-0.05, 0) is 6.07 Å². The highest BCUT2D eigenvalue weighted by molar-refractivity contribution is 7.89. The predicted molar refractivity (Wildman–Crippen MR) is 65.3 cm³/mol. The Bertz CT molecular complexity index is 701. The first kappa shape index (κ1) is 17.8. The maximum Gasteiger partial charge on any atom is 0.417 e. The molecule has 0 aromatic heterocycles. The molecule has 0 saturated heterocycles. The Morgan fingerprint density at radius 2 is 2.00 bits per heavy atom. The summed E-state index contributed by atoms with van der Waals surface area (Å²) in [5.74, 6) is -1.01.